The van der Waals surface area contributed by atoms with Crippen LogP contribution in [0.25, 0.3) is 38.6 Å². The normalized spacial score (nSPS) is 12.0. The number of benzene rings is 4. The van der Waals surface area contributed by atoms with E-state index in [-0.39, 0.29) is 0 Å². The van der Waals surface area contributed by atoms with Crippen LogP contribution in [0.4, 0.5) is 0 Å². The fraction of sp³-hybridized carbons (Fsp3) is 0.0714. The van der Waals surface area contributed by atoms with Gasteiger partial charge in [-0.3, -0.25) is 0 Å². The molecule has 142 valence electrons. The summed E-state index contributed by atoms with van der Waals surface area (Å²) in [5, 5.41) is 2.54. The van der Waals surface area contributed by atoms with Gasteiger partial charge in [-0.15, -0.1) is 0 Å². The van der Waals surface area contributed by atoms with Gasteiger partial charge in [0.25, 0.3) is 0 Å². The van der Waals surface area contributed by atoms with E-state index < -0.39 is 0 Å². The summed E-state index contributed by atoms with van der Waals surface area (Å²) in [6, 6.07) is 30.5. The van der Waals surface area contributed by atoms with Gasteiger partial charge in [-0.2, -0.15) is 0 Å². The van der Waals surface area contributed by atoms with Crippen LogP contribution in [0.5, 0.6) is 0 Å². The maximum atomic E-state index is 5.78. The van der Waals surface area contributed by atoms with Gasteiger partial charge in [0, 0.05) is 6.20 Å². The molecule has 1 heteroatoms. The van der Waals surface area contributed by atoms with Crippen LogP contribution in [0.2, 0.25) is 0 Å². The first-order valence-corrected chi connectivity index (χ1v) is 9.95. The van der Waals surface area contributed by atoms with Crippen LogP contribution in [0.1, 0.15) is 18.1 Å². The van der Waals surface area contributed by atoms with E-state index in [0.29, 0.717) is 0 Å². The molecular weight excluding hydrogens is 350 g/mol. The minimum Gasteiger partial charge on any atom is -0.404 e. The average Bonchev–Trinajstić information content (AvgIpc) is 2.77. The number of hydrogen-bond donors (Lipinski definition) is 1. The number of nitrogens with two attached hydrogens (primary N) is 1. The first-order chi connectivity index (χ1) is 14.2. The van der Waals surface area contributed by atoms with Crippen molar-refractivity contribution in [1.82, 2.24) is 0 Å². The van der Waals surface area contributed by atoms with Crippen LogP contribution >= 0.6 is 0 Å². The van der Waals surface area contributed by atoms with Crippen LogP contribution in [-0.2, 0) is 0 Å². The number of aryl methyl sites for hydroxylation is 1. The van der Waals surface area contributed by atoms with Crippen molar-refractivity contribution in [3.05, 3.63) is 114 Å². The molecule has 0 saturated carbocycles. The molecule has 0 aliphatic carbocycles. The van der Waals surface area contributed by atoms with Crippen molar-refractivity contribution in [3.63, 3.8) is 0 Å². The molecule has 0 spiro atoms. The number of allylic oxidation sites excluding steroid dienone is 3. The van der Waals surface area contributed by atoms with Crippen molar-refractivity contribution in [2.45, 2.75) is 13.8 Å². The summed E-state index contributed by atoms with van der Waals surface area (Å²) in [6.45, 7) is 4.12. The van der Waals surface area contributed by atoms with E-state index in [2.05, 4.69) is 91.9 Å². The summed E-state index contributed by atoms with van der Waals surface area (Å²) in [6.07, 6.45) is 5.69. The Morgan fingerprint density at radius 3 is 1.69 bits per heavy atom. The van der Waals surface area contributed by atoms with Gasteiger partial charge in [-0.1, -0.05) is 103 Å². The van der Waals surface area contributed by atoms with Crippen molar-refractivity contribution in [2.75, 3.05) is 0 Å². The highest BCUT2D eigenvalue weighted by molar-refractivity contribution is 6.05. The number of fused-ring (bicyclic) bond motifs is 1. The molecule has 0 radical (unpaired) electrons. The maximum absolute atomic E-state index is 5.78. The highest BCUT2D eigenvalue weighted by Crippen LogP contribution is 2.36. The highest BCUT2D eigenvalue weighted by atomic mass is 14.5. The molecule has 0 bridgehead atoms. The largest absolute Gasteiger partial charge is 0.404 e. The van der Waals surface area contributed by atoms with E-state index in [1.807, 2.05) is 19.1 Å². The third-order valence-electron chi connectivity index (χ3n) is 5.34. The predicted octanol–water partition coefficient (Wildman–Crippen LogP) is 7.36. The van der Waals surface area contributed by atoms with Crippen LogP contribution in [0, 0.1) is 6.92 Å². The summed E-state index contributed by atoms with van der Waals surface area (Å²) in [5.41, 5.74) is 14.2. The standard InChI is InChI=1S/C28H25N/c1-3-6-24(19-29)21-13-15-23(16-14-21)26-18-17-25(22-11-9-20(2)10-12-22)27-7-4-5-8-28(26)27/h3-19H,29H2,1-2H3/b6-3-,24-19+. The van der Waals surface area contributed by atoms with E-state index in [9.17, 15) is 0 Å². The number of hydrogen-bond acceptors (Lipinski definition) is 1. The molecule has 0 amide bonds. The molecule has 0 heterocycles. The Kier molecular flexibility index (Phi) is 5.31. The molecule has 29 heavy (non-hydrogen) atoms. The van der Waals surface area contributed by atoms with Crippen molar-refractivity contribution >= 4 is 16.3 Å². The third-order valence-corrected chi connectivity index (χ3v) is 5.34. The van der Waals surface area contributed by atoms with Crippen LogP contribution < -0.4 is 5.73 Å². The third kappa shape index (κ3) is 3.72. The monoisotopic (exact) mass is 375 g/mol. The summed E-state index contributed by atoms with van der Waals surface area (Å²) >= 11 is 0. The summed E-state index contributed by atoms with van der Waals surface area (Å²) in [7, 11) is 0. The summed E-state index contributed by atoms with van der Waals surface area (Å²) in [4.78, 5) is 0. The molecule has 0 fully saturated rings. The van der Waals surface area contributed by atoms with Gasteiger partial charge in [0.05, 0.1) is 0 Å². The molecule has 4 aromatic carbocycles. The molecule has 0 aliphatic heterocycles. The quantitative estimate of drug-likeness (QED) is 0.371. The highest BCUT2D eigenvalue weighted by Gasteiger charge is 2.09. The van der Waals surface area contributed by atoms with Gasteiger partial charge in [0.2, 0.25) is 0 Å². The first-order valence-electron chi connectivity index (χ1n) is 9.95. The molecule has 0 aromatic heterocycles. The molecule has 4 aromatic rings. The Morgan fingerprint density at radius 1 is 0.690 bits per heavy atom. The van der Waals surface area contributed by atoms with Gasteiger partial charge in [-0.05, 0) is 58.0 Å². The fourth-order valence-corrected chi connectivity index (χ4v) is 3.81. The van der Waals surface area contributed by atoms with E-state index in [4.69, 9.17) is 5.73 Å². The first kappa shape index (κ1) is 18.8. The van der Waals surface area contributed by atoms with Gasteiger partial charge in [0.1, 0.15) is 0 Å². The lowest BCUT2D eigenvalue weighted by Gasteiger charge is -2.13. The van der Waals surface area contributed by atoms with Gasteiger partial charge >= 0.3 is 0 Å². The summed E-state index contributed by atoms with van der Waals surface area (Å²) in [5.74, 6) is 0. The molecule has 4 rings (SSSR count). The van der Waals surface area contributed by atoms with Gasteiger partial charge in [-0.25, -0.2) is 0 Å². The van der Waals surface area contributed by atoms with Gasteiger partial charge < -0.3 is 5.73 Å². The molecule has 0 atom stereocenters. The number of rotatable bonds is 4. The maximum Gasteiger partial charge on any atom is 0.00174 e. The lowest BCUT2D eigenvalue weighted by atomic mass is 9.91. The van der Waals surface area contributed by atoms with Crippen LogP contribution in [0.15, 0.2) is 103 Å². The average molecular weight is 376 g/mol. The zero-order valence-electron chi connectivity index (χ0n) is 16.9. The zero-order valence-corrected chi connectivity index (χ0v) is 16.9. The van der Waals surface area contributed by atoms with Crippen molar-refractivity contribution < 1.29 is 0 Å². The van der Waals surface area contributed by atoms with E-state index in [1.54, 1.807) is 6.20 Å². The Balaban J connectivity index is 1.82. The van der Waals surface area contributed by atoms with Crippen molar-refractivity contribution in [3.8, 4) is 22.3 Å². The molecular formula is C28H25N. The smallest absolute Gasteiger partial charge is 0.00174 e. The van der Waals surface area contributed by atoms with E-state index >= 15 is 0 Å². The summed E-state index contributed by atoms with van der Waals surface area (Å²) < 4.78 is 0. The molecule has 1 nitrogen and oxygen atoms in total. The minimum absolute atomic E-state index is 1.03. The Labute approximate surface area is 172 Å². The van der Waals surface area contributed by atoms with E-state index in [1.165, 1.54) is 38.6 Å². The predicted molar refractivity (Wildman–Crippen MR) is 127 cm³/mol. The topological polar surface area (TPSA) is 26.0 Å². The Hall–Kier alpha value is -3.58. The van der Waals surface area contributed by atoms with E-state index in [0.717, 1.165) is 11.1 Å². The van der Waals surface area contributed by atoms with Gasteiger partial charge in [0.15, 0.2) is 0 Å². The lowest BCUT2D eigenvalue weighted by Crippen LogP contribution is -1.89. The van der Waals surface area contributed by atoms with Crippen LogP contribution in [-0.4, -0.2) is 0 Å². The second-order valence-electron chi connectivity index (χ2n) is 7.27. The second kappa shape index (κ2) is 8.20. The lowest BCUT2D eigenvalue weighted by molar-refractivity contribution is 1.47. The Morgan fingerprint density at radius 2 is 1.21 bits per heavy atom. The molecule has 2 N–H and O–H groups in total. The molecule has 0 saturated heterocycles. The SMILES string of the molecule is C/C=C\C(=C/N)c1ccc(-c2ccc(-c3ccc(C)cc3)c3ccccc23)cc1. The molecule has 0 unspecified atom stereocenters. The van der Waals surface area contributed by atoms with Crippen LogP contribution in [0.3, 0.4) is 0 Å². The van der Waals surface area contributed by atoms with Crippen molar-refractivity contribution in [1.29, 1.82) is 0 Å². The molecule has 0 aliphatic rings. The fourth-order valence-electron chi connectivity index (χ4n) is 3.81. The zero-order chi connectivity index (χ0) is 20.2. The Bertz CT molecular complexity index is 1190. The van der Waals surface area contributed by atoms with Crippen molar-refractivity contribution in [2.24, 2.45) is 5.73 Å². The second-order valence-corrected chi connectivity index (χ2v) is 7.27. The minimum atomic E-state index is 1.03.